The van der Waals surface area contributed by atoms with E-state index in [-0.39, 0.29) is 11.8 Å². The average molecular weight is 271 g/mol. The minimum Gasteiger partial charge on any atom is -0.326 e. The Balaban J connectivity index is 1.63. The fourth-order valence-electron chi connectivity index (χ4n) is 3.78. The number of aryl methyl sites for hydroxylation is 2. The zero-order valence-corrected chi connectivity index (χ0v) is 12.6. The third-order valence-electron chi connectivity index (χ3n) is 5.23. The Hall–Kier alpha value is -1.31. The highest BCUT2D eigenvalue weighted by molar-refractivity contribution is 5.95. The van der Waals surface area contributed by atoms with Crippen LogP contribution in [-0.2, 0) is 4.79 Å². The van der Waals surface area contributed by atoms with Crippen molar-refractivity contribution in [1.29, 1.82) is 0 Å². The predicted molar refractivity (Wildman–Crippen MR) is 82.7 cm³/mol. The maximum atomic E-state index is 12.5. The predicted octanol–water partition coefficient (Wildman–Crippen LogP) is 4.46. The van der Waals surface area contributed by atoms with Gasteiger partial charge in [-0.15, -0.1) is 0 Å². The van der Waals surface area contributed by atoms with Gasteiger partial charge in [0.2, 0.25) is 5.91 Å². The summed E-state index contributed by atoms with van der Waals surface area (Å²) in [6.07, 6.45) is 7.86. The minimum atomic E-state index is 0.255. The molecule has 0 aromatic heterocycles. The van der Waals surface area contributed by atoms with Gasteiger partial charge in [0.25, 0.3) is 0 Å². The quantitative estimate of drug-likeness (QED) is 0.845. The van der Waals surface area contributed by atoms with Crippen LogP contribution >= 0.6 is 0 Å². The molecule has 0 aliphatic heterocycles. The molecule has 2 unspecified atom stereocenters. The van der Waals surface area contributed by atoms with Crippen molar-refractivity contribution in [2.45, 2.75) is 52.4 Å². The van der Waals surface area contributed by atoms with Crippen molar-refractivity contribution in [3.05, 3.63) is 29.3 Å². The maximum absolute atomic E-state index is 12.5. The van der Waals surface area contributed by atoms with Crippen LogP contribution in [-0.4, -0.2) is 5.91 Å². The summed E-state index contributed by atoms with van der Waals surface area (Å²) in [6.45, 7) is 4.19. The van der Waals surface area contributed by atoms with Crippen LogP contribution in [0.5, 0.6) is 0 Å². The molecule has 1 aromatic rings. The van der Waals surface area contributed by atoms with Crippen molar-refractivity contribution in [2.24, 2.45) is 17.8 Å². The first-order valence-electron chi connectivity index (χ1n) is 8.05. The summed E-state index contributed by atoms with van der Waals surface area (Å²) >= 11 is 0. The van der Waals surface area contributed by atoms with Gasteiger partial charge < -0.3 is 5.32 Å². The number of hydrogen-bond donors (Lipinski definition) is 1. The van der Waals surface area contributed by atoms with Crippen molar-refractivity contribution in [2.75, 3.05) is 5.32 Å². The van der Waals surface area contributed by atoms with Gasteiger partial charge in [-0.2, -0.15) is 0 Å². The number of carbonyl (C=O) groups excluding carboxylic acids is 1. The normalized spacial score (nSPS) is 29.0. The van der Waals surface area contributed by atoms with E-state index in [0.717, 1.165) is 5.69 Å². The topological polar surface area (TPSA) is 29.1 Å². The van der Waals surface area contributed by atoms with Crippen LogP contribution in [0.4, 0.5) is 5.69 Å². The fraction of sp³-hybridized carbons (Fsp3) is 0.611. The first kappa shape index (κ1) is 13.7. The summed E-state index contributed by atoms with van der Waals surface area (Å²) in [6, 6.07) is 6.18. The van der Waals surface area contributed by atoms with Crippen molar-refractivity contribution >= 4 is 11.6 Å². The van der Waals surface area contributed by atoms with Gasteiger partial charge in [-0.05, 0) is 61.8 Å². The van der Waals surface area contributed by atoms with E-state index in [1.165, 1.54) is 49.7 Å². The summed E-state index contributed by atoms with van der Waals surface area (Å²) in [4.78, 5) is 12.5. The van der Waals surface area contributed by atoms with E-state index >= 15 is 0 Å². The lowest BCUT2D eigenvalue weighted by Crippen LogP contribution is -2.15. The van der Waals surface area contributed by atoms with Crippen molar-refractivity contribution < 1.29 is 4.79 Å². The molecule has 2 aliphatic carbocycles. The number of nitrogens with one attached hydrogen (secondary N) is 1. The summed E-state index contributed by atoms with van der Waals surface area (Å²) in [7, 11) is 0. The number of anilines is 1. The number of fused-ring (bicyclic) bond motifs is 1. The van der Waals surface area contributed by atoms with E-state index in [4.69, 9.17) is 0 Å². The van der Waals surface area contributed by atoms with E-state index in [9.17, 15) is 4.79 Å². The van der Waals surface area contributed by atoms with Gasteiger partial charge in [-0.25, -0.2) is 0 Å². The number of carbonyl (C=O) groups is 1. The molecular formula is C18H25NO. The van der Waals surface area contributed by atoms with Gasteiger partial charge in [0, 0.05) is 11.6 Å². The highest BCUT2D eigenvalue weighted by Crippen LogP contribution is 2.53. The van der Waals surface area contributed by atoms with Crippen LogP contribution in [0.2, 0.25) is 0 Å². The van der Waals surface area contributed by atoms with Crippen LogP contribution in [0, 0.1) is 31.6 Å². The van der Waals surface area contributed by atoms with Crippen LogP contribution < -0.4 is 5.32 Å². The van der Waals surface area contributed by atoms with Crippen molar-refractivity contribution in [3.63, 3.8) is 0 Å². The van der Waals surface area contributed by atoms with Gasteiger partial charge in [-0.3, -0.25) is 4.79 Å². The molecular weight excluding hydrogens is 246 g/mol. The van der Waals surface area contributed by atoms with E-state index in [0.29, 0.717) is 11.8 Å². The Morgan fingerprint density at radius 2 is 1.65 bits per heavy atom. The van der Waals surface area contributed by atoms with Crippen LogP contribution in [0.15, 0.2) is 18.2 Å². The lowest BCUT2D eigenvalue weighted by Gasteiger charge is -2.07. The maximum Gasteiger partial charge on any atom is 0.228 e. The van der Waals surface area contributed by atoms with Crippen molar-refractivity contribution in [3.8, 4) is 0 Å². The third-order valence-corrected chi connectivity index (χ3v) is 5.23. The van der Waals surface area contributed by atoms with Gasteiger partial charge >= 0.3 is 0 Å². The second kappa shape index (κ2) is 5.59. The summed E-state index contributed by atoms with van der Waals surface area (Å²) in [5, 5.41) is 3.13. The monoisotopic (exact) mass is 271 g/mol. The molecule has 0 bridgehead atoms. The molecule has 0 saturated heterocycles. The number of amides is 1. The molecule has 1 N–H and O–H groups in total. The lowest BCUT2D eigenvalue weighted by molar-refractivity contribution is -0.117. The van der Waals surface area contributed by atoms with Gasteiger partial charge in [-0.1, -0.05) is 31.7 Å². The molecule has 2 saturated carbocycles. The van der Waals surface area contributed by atoms with E-state index in [2.05, 4.69) is 31.3 Å². The van der Waals surface area contributed by atoms with E-state index in [1.807, 2.05) is 6.07 Å². The summed E-state index contributed by atoms with van der Waals surface area (Å²) < 4.78 is 0. The average Bonchev–Trinajstić information content (AvgIpc) is 3.05. The Morgan fingerprint density at radius 1 is 1.00 bits per heavy atom. The molecule has 108 valence electrons. The lowest BCUT2D eigenvalue weighted by atomic mass is 10.0. The van der Waals surface area contributed by atoms with Gasteiger partial charge in [0.1, 0.15) is 0 Å². The molecule has 0 spiro atoms. The first-order valence-corrected chi connectivity index (χ1v) is 8.05. The molecule has 2 aliphatic rings. The minimum absolute atomic E-state index is 0.255. The standard InChI is InChI=1S/C18H25NO/c1-12-9-10-14(11-13(12)2)19-18(20)17-15-7-5-3-4-6-8-16(15)17/h9-11,15-17H,3-8H2,1-2H3,(H,19,20). The van der Waals surface area contributed by atoms with Gasteiger partial charge in [0.05, 0.1) is 0 Å². The molecule has 2 nitrogen and oxygen atoms in total. The molecule has 0 heterocycles. The van der Waals surface area contributed by atoms with E-state index in [1.54, 1.807) is 0 Å². The van der Waals surface area contributed by atoms with Crippen LogP contribution in [0.25, 0.3) is 0 Å². The molecule has 1 amide bonds. The SMILES string of the molecule is Cc1ccc(NC(=O)C2C3CCCCCCC32)cc1C. The molecule has 0 radical (unpaired) electrons. The Morgan fingerprint density at radius 3 is 2.25 bits per heavy atom. The summed E-state index contributed by atoms with van der Waals surface area (Å²) in [5.74, 6) is 1.88. The molecule has 20 heavy (non-hydrogen) atoms. The van der Waals surface area contributed by atoms with Crippen molar-refractivity contribution in [1.82, 2.24) is 0 Å². The number of benzene rings is 1. The highest BCUT2D eigenvalue weighted by Gasteiger charge is 2.53. The highest BCUT2D eigenvalue weighted by atomic mass is 16.2. The molecule has 1 aromatic carbocycles. The Labute approximate surface area is 122 Å². The smallest absolute Gasteiger partial charge is 0.228 e. The third kappa shape index (κ3) is 2.74. The van der Waals surface area contributed by atoms with Crippen LogP contribution in [0.3, 0.4) is 0 Å². The molecule has 2 atom stereocenters. The Kier molecular flexibility index (Phi) is 3.82. The second-order valence-electron chi connectivity index (χ2n) is 6.63. The van der Waals surface area contributed by atoms with E-state index < -0.39 is 0 Å². The molecule has 3 rings (SSSR count). The van der Waals surface area contributed by atoms with Gasteiger partial charge in [0.15, 0.2) is 0 Å². The number of rotatable bonds is 2. The first-order chi connectivity index (χ1) is 9.66. The second-order valence-corrected chi connectivity index (χ2v) is 6.63. The Bertz CT molecular complexity index is 494. The fourth-order valence-corrected chi connectivity index (χ4v) is 3.78. The zero-order chi connectivity index (χ0) is 14.1. The van der Waals surface area contributed by atoms with Crippen LogP contribution in [0.1, 0.15) is 49.7 Å². The molecule has 2 fully saturated rings. The summed E-state index contributed by atoms with van der Waals surface area (Å²) in [5.41, 5.74) is 3.47. The number of hydrogen-bond acceptors (Lipinski definition) is 1. The molecule has 2 heteroatoms. The largest absolute Gasteiger partial charge is 0.326 e. The zero-order valence-electron chi connectivity index (χ0n) is 12.6.